The summed E-state index contributed by atoms with van der Waals surface area (Å²) in [6.45, 7) is 1.50. The van der Waals surface area contributed by atoms with E-state index in [9.17, 15) is 23.2 Å². The summed E-state index contributed by atoms with van der Waals surface area (Å²) in [6.07, 6.45) is 0.559. The van der Waals surface area contributed by atoms with Gasteiger partial charge in [-0.05, 0) is 19.9 Å². The van der Waals surface area contributed by atoms with Gasteiger partial charge in [0.05, 0.1) is 0 Å². The predicted octanol–water partition coefficient (Wildman–Crippen LogP) is 0.642. The van der Waals surface area contributed by atoms with Gasteiger partial charge in [0.25, 0.3) is 0 Å². The molecule has 3 fully saturated rings. The molecule has 1 aliphatic carbocycles. The van der Waals surface area contributed by atoms with Crippen molar-refractivity contribution in [2.24, 2.45) is 5.92 Å². The molecule has 2 amide bonds. The number of hydrogen-bond donors (Lipinski definition) is 1. The third kappa shape index (κ3) is 3.67. The molecule has 1 saturated carbocycles. The molecule has 1 atom stereocenters. The van der Waals surface area contributed by atoms with E-state index in [1.54, 1.807) is 4.90 Å². The van der Waals surface area contributed by atoms with Gasteiger partial charge >= 0.3 is 5.97 Å². The van der Waals surface area contributed by atoms with Crippen LogP contribution < -0.4 is 0 Å². The molecule has 1 unspecified atom stereocenters. The van der Waals surface area contributed by atoms with Gasteiger partial charge in [-0.1, -0.05) is 0 Å². The first-order valence-electron chi connectivity index (χ1n) is 8.99. The number of likely N-dealkylation sites (tertiary alicyclic amines) is 1. The first-order valence-corrected chi connectivity index (χ1v) is 8.99. The van der Waals surface area contributed by atoms with Crippen molar-refractivity contribution >= 4 is 17.8 Å². The van der Waals surface area contributed by atoms with E-state index in [-0.39, 0.29) is 37.6 Å². The number of nitrogens with zero attached hydrogens (tertiary/aromatic N) is 3. The zero-order chi connectivity index (χ0) is 19.1. The maximum absolute atomic E-state index is 13.1. The normalized spacial score (nSPS) is 30.2. The minimum Gasteiger partial charge on any atom is -0.480 e. The fraction of sp³-hybridized carbons (Fsp3) is 0.824. The van der Waals surface area contributed by atoms with Crippen LogP contribution in [0.1, 0.15) is 32.1 Å². The van der Waals surface area contributed by atoms with Gasteiger partial charge in [-0.2, -0.15) is 0 Å². The summed E-state index contributed by atoms with van der Waals surface area (Å²) in [5.74, 6) is -4.80. The standard InChI is InChI=1S/C17H25F2N3O4/c1-20-6-7-22(15(26)12-8-17(18,19)9-12)11-16(20)3-2-13(23)21(5-4-16)10-14(24)25/h12H,2-11H2,1H3,(H,24,25). The van der Waals surface area contributed by atoms with Gasteiger partial charge in [-0.15, -0.1) is 0 Å². The van der Waals surface area contributed by atoms with Gasteiger partial charge in [0, 0.05) is 56.9 Å². The van der Waals surface area contributed by atoms with Crippen LogP contribution in [0.5, 0.6) is 0 Å². The number of halogens is 2. The summed E-state index contributed by atoms with van der Waals surface area (Å²) in [5.41, 5.74) is -0.414. The van der Waals surface area contributed by atoms with Crippen molar-refractivity contribution in [3.63, 3.8) is 0 Å². The lowest BCUT2D eigenvalue weighted by Gasteiger charge is -2.50. The first-order chi connectivity index (χ1) is 12.1. The molecule has 0 aromatic heterocycles. The maximum Gasteiger partial charge on any atom is 0.323 e. The molecule has 1 N–H and O–H groups in total. The van der Waals surface area contributed by atoms with Gasteiger partial charge in [-0.3, -0.25) is 19.3 Å². The van der Waals surface area contributed by atoms with Gasteiger partial charge < -0.3 is 14.9 Å². The molecular weight excluding hydrogens is 348 g/mol. The van der Waals surface area contributed by atoms with E-state index in [0.29, 0.717) is 39.0 Å². The van der Waals surface area contributed by atoms with Crippen molar-refractivity contribution in [1.29, 1.82) is 0 Å². The number of likely N-dealkylation sites (N-methyl/N-ethyl adjacent to an activating group) is 1. The molecule has 9 heteroatoms. The summed E-state index contributed by atoms with van der Waals surface area (Å²) in [6, 6.07) is 0. The topological polar surface area (TPSA) is 81.2 Å². The van der Waals surface area contributed by atoms with E-state index in [2.05, 4.69) is 4.90 Å². The predicted molar refractivity (Wildman–Crippen MR) is 87.7 cm³/mol. The van der Waals surface area contributed by atoms with Crippen molar-refractivity contribution in [1.82, 2.24) is 14.7 Å². The maximum atomic E-state index is 13.1. The first kappa shape index (κ1) is 19.0. The summed E-state index contributed by atoms with van der Waals surface area (Å²) >= 11 is 0. The quantitative estimate of drug-likeness (QED) is 0.785. The van der Waals surface area contributed by atoms with Crippen molar-refractivity contribution in [2.45, 2.75) is 43.6 Å². The Hall–Kier alpha value is -1.77. The highest BCUT2D eigenvalue weighted by Crippen LogP contribution is 2.44. The van der Waals surface area contributed by atoms with E-state index >= 15 is 0 Å². The average Bonchev–Trinajstić information content (AvgIpc) is 2.69. The number of amides is 2. The van der Waals surface area contributed by atoms with Gasteiger partial charge in [-0.25, -0.2) is 8.78 Å². The molecule has 2 heterocycles. The van der Waals surface area contributed by atoms with E-state index in [1.165, 1.54) is 4.90 Å². The molecule has 3 rings (SSSR count). The number of alkyl halides is 2. The number of carboxylic acid groups (broad SMARTS) is 1. The Morgan fingerprint density at radius 3 is 2.50 bits per heavy atom. The van der Waals surface area contributed by atoms with Crippen LogP contribution >= 0.6 is 0 Å². The average molecular weight is 373 g/mol. The summed E-state index contributed by atoms with van der Waals surface area (Å²) in [4.78, 5) is 40.9. The molecule has 3 aliphatic rings. The Balaban J connectivity index is 1.68. The molecule has 0 radical (unpaired) electrons. The molecule has 146 valence electrons. The van der Waals surface area contributed by atoms with Crippen molar-refractivity contribution in [3.8, 4) is 0 Å². The Morgan fingerprint density at radius 1 is 1.19 bits per heavy atom. The van der Waals surface area contributed by atoms with Crippen molar-refractivity contribution < 1.29 is 28.3 Å². The minimum atomic E-state index is -2.73. The number of piperazine rings is 1. The second-order valence-corrected chi connectivity index (χ2v) is 7.83. The van der Waals surface area contributed by atoms with Gasteiger partial charge in [0.15, 0.2) is 0 Å². The number of hydrogen-bond acceptors (Lipinski definition) is 4. The zero-order valence-electron chi connectivity index (χ0n) is 14.9. The Bertz CT molecular complexity index is 607. The molecule has 7 nitrogen and oxygen atoms in total. The second-order valence-electron chi connectivity index (χ2n) is 7.83. The Morgan fingerprint density at radius 2 is 1.88 bits per heavy atom. The second kappa shape index (κ2) is 6.75. The van der Waals surface area contributed by atoms with E-state index in [4.69, 9.17) is 5.11 Å². The third-order valence-corrected chi connectivity index (χ3v) is 6.08. The summed E-state index contributed by atoms with van der Waals surface area (Å²) < 4.78 is 26.2. The number of rotatable bonds is 3. The van der Waals surface area contributed by atoms with Crippen LogP contribution in [0.2, 0.25) is 0 Å². The number of carbonyl (C=O) groups is 3. The van der Waals surface area contributed by atoms with Crippen LogP contribution in [0.3, 0.4) is 0 Å². The Labute approximate surface area is 150 Å². The minimum absolute atomic E-state index is 0.195. The van der Waals surface area contributed by atoms with Crippen LogP contribution in [-0.2, 0) is 14.4 Å². The third-order valence-electron chi connectivity index (χ3n) is 6.08. The highest BCUT2D eigenvalue weighted by molar-refractivity contribution is 5.82. The molecular formula is C17H25F2N3O4. The number of carbonyl (C=O) groups excluding carboxylic acids is 2. The van der Waals surface area contributed by atoms with Crippen LogP contribution in [0.25, 0.3) is 0 Å². The zero-order valence-corrected chi connectivity index (χ0v) is 14.9. The lowest BCUT2D eigenvalue weighted by Crippen LogP contribution is -2.63. The fourth-order valence-corrected chi connectivity index (χ4v) is 4.31. The van der Waals surface area contributed by atoms with Crippen molar-refractivity contribution in [3.05, 3.63) is 0 Å². The number of carboxylic acids is 1. The van der Waals surface area contributed by atoms with Crippen LogP contribution in [0, 0.1) is 5.92 Å². The fourth-order valence-electron chi connectivity index (χ4n) is 4.31. The lowest BCUT2D eigenvalue weighted by atomic mass is 9.79. The highest BCUT2D eigenvalue weighted by atomic mass is 19.3. The van der Waals surface area contributed by atoms with Crippen LogP contribution in [-0.4, -0.2) is 88.8 Å². The van der Waals surface area contributed by atoms with E-state index < -0.39 is 23.3 Å². The van der Waals surface area contributed by atoms with E-state index in [1.807, 2.05) is 7.05 Å². The molecule has 2 aliphatic heterocycles. The van der Waals surface area contributed by atoms with Crippen molar-refractivity contribution in [2.75, 3.05) is 39.8 Å². The van der Waals surface area contributed by atoms with Crippen LogP contribution in [0.15, 0.2) is 0 Å². The van der Waals surface area contributed by atoms with E-state index in [0.717, 1.165) is 0 Å². The summed E-state index contributed by atoms with van der Waals surface area (Å²) in [7, 11) is 1.94. The SMILES string of the molecule is CN1CCN(C(=O)C2CC(F)(F)C2)CC12CCC(=O)N(CC(=O)O)CC2. The van der Waals surface area contributed by atoms with Crippen LogP contribution in [0.4, 0.5) is 8.78 Å². The largest absolute Gasteiger partial charge is 0.480 e. The molecule has 1 spiro atoms. The Kier molecular flexibility index (Phi) is 4.94. The lowest BCUT2D eigenvalue weighted by molar-refractivity contribution is -0.164. The molecule has 26 heavy (non-hydrogen) atoms. The smallest absolute Gasteiger partial charge is 0.323 e. The monoisotopic (exact) mass is 373 g/mol. The van der Waals surface area contributed by atoms with Gasteiger partial charge in [0.1, 0.15) is 6.54 Å². The van der Waals surface area contributed by atoms with Gasteiger partial charge in [0.2, 0.25) is 17.7 Å². The summed E-state index contributed by atoms with van der Waals surface area (Å²) in [5, 5.41) is 8.96. The number of aliphatic carboxylic acids is 1. The highest BCUT2D eigenvalue weighted by Gasteiger charge is 2.51. The molecule has 0 bridgehead atoms. The molecule has 2 saturated heterocycles. The molecule has 0 aromatic rings. The molecule has 0 aromatic carbocycles.